The van der Waals surface area contributed by atoms with E-state index >= 15 is 0 Å². The number of hydrogen-bond donors (Lipinski definition) is 0. The minimum atomic E-state index is -0.337. The number of hydrogen-bond acceptors (Lipinski definition) is 6. The minimum absolute atomic E-state index is 0.337. The zero-order chi connectivity index (χ0) is 16.5. The Morgan fingerprint density at radius 2 is 1.96 bits per heavy atom. The fraction of sp³-hybridized carbons (Fsp3) is 0.176. The van der Waals surface area contributed by atoms with Crippen LogP contribution in [0.4, 0.5) is 0 Å². The van der Waals surface area contributed by atoms with Gasteiger partial charge in [-0.25, -0.2) is 4.68 Å². The molecule has 7 nitrogen and oxygen atoms in total. The highest BCUT2D eigenvalue weighted by Gasteiger charge is 2.17. The van der Waals surface area contributed by atoms with Crippen LogP contribution in [0, 0.1) is 0 Å². The van der Waals surface area contributed by atoms with Gasteiger partial charge in [-0.1, -0.05) is 28.6 Å². The Kier molecular flexibility index (Phi) is 3.45. The van der Waals surface area contributed by atoms with Gasteiger partial charge in [0.25, 0.3) is 5.89 Å². The quantitative estimate of drug-likeness (QED) is 0.574. The van der Waals surface area contributed by atoms with Crippen molar-refractivity contribution in [3.8, 4) is 17.1 Å². The highest BCUT2D eigenvalue weighted by Crippen LogP contribution is 2.24. The van der Waals surface area contributed by atoms with Gasteiger partial charge in [-0.2, -0.15) is 4.98 Å². The Balaban J connectivity index is 1.60. The minimum Gasteiger partial charge on any atom is -0.481 e. The molecule has 4 rings (SSSR count). The molecule has 0 N–H and O–H groups in total. The molecule has 0 fully saturated rings. The molecule has 1 atom stereocenters. The summed E-state index contributed by atoms with van der Waals surface area (Å²) in [4.78, 5) is 4.44. The van der Waals surface area contributed by atoms with E-state index in [4.69, 9.17) is 9.26 Å². The summed E-state index contributed by atoms with van der Waals surface area (Å²) in [5, 5.41) is 12.1. The van der Waals surface area contributed by atoms with E-state index in [1.165, 1.54) is 0 Å². The number of aromatic nitrogens is 5. The van der Waals surface area contributed by atoms with Crippen LogP contribution < -0.4 is 4.74 Å². The smallest absolute Gasteiger partial charge is 0.267 e. The largest absolute Gasteiger partial charge is 0.481 e. The standard InChI is InChI=1S/C17H15N5O2/c1-11(23-13-6-4-3-5-7-13)17-18-16(20-24-17)12-8-9-14-15(10-12)22(2)21-19-14/h3-11H,1-2H3. The molecule has 2 heterocycles. The first-order valence-electron chi connectivity index (χ1n) is 7.56. The summed E-state index contributed by atoms with van der Waals surface area (Å²) in [6.45, 7) is 1.87. The van der Waals surface area contributed by atoms with E-state index in [0.717, 1.165) is 22.3 Å². The molecule has 1 unspecified atom stereocenters. The molecular weight excluding hydrogens is 306 g/mol. The van der Waals surface area contributed by atoms with Crippen molar-refractivity contribution >= 4 is 11.0 Å². The maximum absolute atomic E-state index is 5.81. The van der Waals surface area contributed by atoms with Crippen LogP contribution in [0.25, 0.3) is 22.4 Å². The number of benzene rings is 2. The fourth-order valence-corrected chi connectivity index (χ4v) is 2.44. The molecular formula is C17H15N5O2. The molecule has 0 spiro atoms. The van der Waals surface area contributed by atoms with E-state index in [-0.39, 0.29) is 6.10 Å². The second-order valence-corrected chi connectivity index (χ2v) is 5.45. The van der Waals surface area contributed by atoms with Crippen molar-refractivity contribution < 1.29 is 9.26 Å². The van der Waals surface area contributed by atoms with Crippen LogP contribution >= 0.6 is 0 Å². The van der Waals surface area contributed by atoms with Crippen LogP contribution in [0.3, 0.4) is 0 Å². The fourth-order valence-electron chi connectivity index (χ4n) is 2.44. The SMILES string of the molecule is CC(Oc1ccccc1)c1nc(-c2ccc3nnn(C)c3c2)no1. The van der Waals surface area contributed by atoms with Crippen LogP contribution in [-0.4, -0.2) is 25.1 Å². The van der Waals surface area contributed by atoms with Gasteiger partial charge in [0.1, 0.15) is 11.3 Å². The summed E-state index contributed by atoms with van der Waals surface area (Å²) in [5.41, 5.74) is 2.58. The first-order valence-corrected chi connectivity index (χ1v) is 7.56. The molecule has 0 aliphatic heterocycles. The van der Waals surface area contributed by atoms with Crippen LogP contribution in [0.2, 0.25) is 0 Å². The first kappa shape index (κ1) is 14.4. The second kappa shape index (κ2) is 5.77. The van der Waals surface area contributed by atoms with Gasteiger partial charge in [0.05, 0.1) is 5.52 Å². The van der Waals surface area contributed by atoms with Crippen molar-refractivity contribution in [2.45, 2.75) is 13.0 Å². The van der Waals surface area contributed by atoms with E-state index in [9.17, 15) is 0 Å². The lowest BCUT2D eigenvalue weighted by molar-refractivity contribution is 0.176. The number of aryl methyl sites for hydroxylation is 1. The Morgan fingerprint density at radius 3 is 2.79 bits per heavy atom. The Hall–Kier alpha value is -3.22. The van der Waals surface area contributed by atoms with E-state index in [0.29, 0.717) is 11.7 Å². The molecule has 2 aromatic carbocycles. The summed E-state index contributed by atoms with van der Waals surface area (Å²) in [6, 6.07) is 15.3. The van der Waals surface area contributed by atoms with Gasteiger partial charge in [0.2, 0.25) is 5.82 Å². The van der Waals surface area contributed by atoms with Gasteiger partial charge in [0.15, 0.2) is 6.10 Å². The highest BCUT2D eigenvalue weighted by atomic mass is 16.5. The van der Waals surface area contributed by atoms with Crippen LogP contribution in [0.1, 0.15) is 18.9 Å². The third-order valence-electron chi connectivity index (χ3n) is 3.71. The summed E-state index contributed by atoms with van der Waals surface area (Å²) in [7, 11) is 1.84. The Bertz CT molecular complexity index is 977. The van der Waals surface area contributed by atoms with Crippen molar-refractivity contribution in [2.24, 2.45) is 7.05 Å². The molecule has 4 aromatic rings. The normalized spacial score (nSPS) is 12.4. The summed E-state index contributed by atoms with van der Waals surface area (Å²) < 4.78 is 12.9. The summed E-state index contributed by atoms with van der Waals surface area (Å²) in [5.74, 6) is 1.70. The molecule has 2 aromatic heterocycles. The maximum atomic E-state index is 5.81. The van der Waals surface area contributed by atoms with Gasteiger partial charge in [0, 0.05) is 12.6 Å². The number of rotatable bonds is 4. The zero-order valence-corrected chi connectivity index (χ0v) is 13.2. The highest BCUT2D eigenvalue weighted by molar-refractivity contribution is 5.79. The molecule has 0 amide bonds. The molecule has 120 valence electrons. The molecule has 0 radical (unpaired) electrons. The lowest BCUT2D eigenvalue weighted by Crippen LogP contribution is -2.03. The van der Waals surface area contributed by atoms with Crippen molar-refractivity contribution in [2.75, 3.05) is 0 Å². The third kappa shape index (κ3) is 2.60. The molecule has 0 aliphatic rings. The van der Waals surface area contributed by atoms with Gasteiger partial charge in [-0.05, 0) is 37.3 Å². The maximum Gasteiger partial charge on any atom is 0.267 e. The van der Waals surface area contributed by atoms with Gasteiger partial charge >= 0.3 is 0 Å². The summed E-state index contributed by atoms with van der Waals surface area (Å²) in [6.07, 6.45) is -0.337. The van der Waals surface area contributed by atoms with Gasteiger partial charge in [-0.15, -0.1) is 5.10 Å². The average molecular weight is 321 g/mol. The number of para-hydroxylation sites is 1. The number of fused-ring (bicyclic) bond motifs is 1. The van der Waals surface area contributed by atoms with E-state index in [1.807, 2.05) is 62.5 Å². The molecule has 0 saturated carbocycles. The van der Waals surface area contributed by atoms with Crippen molar-refractivity contribution in [1.29, 1.82) is 0 Å². The van der Waals surface area contributed by atoms with Crippen molar-refractivity contribution in [1.82, 2.24) is 25.1 Å². The zero-order valence-electron chi connectivity index (χ0n) is 13.2. The van der Waals surface area contributed by atoms with Gasteiger partial charge in [-0.3, -0.25) is 0 Å². The van der Waals surface area contributed by atoms with Crippen LogP contribution in [0.15, 0.2) is 53.1 Å². The topological polar surface area (TPSA) is 78.9 Å². The third-order valence-corrected chi connectivity index (χ3v) is 3.71. The predicted octanol–water partition coefficient (Wildman–Crippen LogP) is 3.16. The number of ether oxygens (including phenoxy) is 1. The summed E-state index contributed by atoms with van der Waals surface area (Å²) >= 11 is 0. The number of nitrogens with zero attached hydrogens (tertiary/aromatic N) is 5. The van der Waals surface area contributed by atoms with Gasteiger partial charge < -0.3 is 9.26 Å². The molecule has 7 heteroatoms. The predicted molar refractivity (Wildman–Crippen MR) is 87.3 cm³/mol. The molecule has 24 heavy (non-hydrogen) atoms. The van der Waals surface area contributed by atoms with E-state index in [1.54, 1.807) is 4.68 Å². The monoisotopic (exact) mass is 321 g/mol. The lowest BCUT2D eigenvalue weighted by atomic mass is 10.2. The van der Waals surface area contributed by atoms with E-state index < -0.39 is 0 Å². The molecule has 0 aliphatic carbocycles. The van der Waals surface area contributed by atoms with Crippen LogP contribution in [-0.2, 0) is 7.05 Å². The molecule has 0 bridgehead atoms. The first-order chi connectivity index (χ1) is 11.7. The van der Waals surface area contributed by atoms with E-state index in [2.05, 4.69) is 20.5 Å². The van der Waals surface area contributed by atoms with Crippen molar-refractivity contribution in [3.05, 3.63) is 54.4 Å². The average Bonchev–Trinajstić information content (AvgIpc) is 3.23. The Labute approximate surface area is 137 Å². The molecule has 0 saturated heterocycles. The van der Waals surface area contributed by atoms with Crippen LogP contribution in [0.5, 0.6) is 5.75 Å². The lowest BCUT2D eigenvalue weighted by Gasteiger charge is -2.09. The second-order valence-electron chi connectivity index (χ2n) is 5.45. The Morgan fingerprint density at radius 1 is 1.12 bits per heavy atom. The van der Waals surface area contributed by atoms with Crippen molar-refractivity contribution in [3.63, 3.8) is 0 Å².